The van der Waals surface area contributed by atoms with Crippen LogP contribution in [0.5, 0.6) is 5.75 Å². The minimum atomic E-state index is -0.206. The molecule has 3 nitrogen and oxygen atoms in total. The van der Waals surface area contributed by atoms with Crippen molar-refractivity contribution in [2.45, 2.75) is 25.5 Å². The molecule has 1 aromatic carbocycles. The third kappa shape index (κ3) is 2.80. The summed E-state index contributed by atoms with van der Waals surface area (Å²) in [6.07, 6.45) is 2.59. The number of fused-ring (bicyclic) bond motifs is 1. The van der Waals surface area contributed by atoms with Crippen LogP contribution in [-0.4, -0.2) is 17.6 Å². The zero-order valence-corrected chi connectivity index (χ0v) is 11.3. The lowest BCUT2D eigenvalue weighted by atomic mass is 10.1. The van der Waals surface area contributed by atoms with Crippen LogP contribution in [0.3, 0.4) is 0 Å². The van der Waals surface area contributed by atoms with E-state index in [1.807, 2.05) is 18.2 Å². The Balaban J connectivity index is 1.56. The summed E-state index contributed by atoms with van der Waals surface area (Å²) in [4.78, 5) is 4.32. The zero-order chi connectivity index (χ0) is 13.9. The van der Waals surface area contributed by atoms with Gasteiger partial charge >= 0.3 is 0 Å². The van der Waals surface area contributed by atoms with Crippen molar-refractivity contribution in [1.29, 1.82) is 0 Å². The van der Waals surface area contributed by atoms with E-state index >= 15 is 0 Å². The van der Waals surface area contributed by atoms with Gasteiger partial charge in [-0.2, -0.15) is 0 Å². The number of rotatable bonds is 4. The number of hydrogen-bond donors (Lipinski definition) is 1. The Morgan fingerprint density at radius 2 is 2.30 bits per heavy atom. The normalized spacial score (nSPS) is 18.4. The lowest BCUT2D eigenvalue weighted by Crippen LogP contribution is -2.32. The molecule has 0 aliphatic carbocycles. The molecule has 20 heavy (non-hydrogen) atoms. The maximum Gasteiger partial charge on any atom is 0.123 e. The average molecular weight is 272 g/mol. The van der Waals surface area contributed by atoms with Crippen molar-refractivity contribution in [2.75, 3.05) is 6.54 Å². The minimum absolute atomic E-state index is 0.0537. The summed E-state index contributed by atoms with van der Waals surface area (Å²) in [5.41, 5.74) is 1.95. The summed E-state index contributed by atoms with van der Waals surface area (Å²) in [6, 6.07) is 10.7. The molecule has 1 aliphatic rings. The van der Waals surface area contributed by atoms with Crippen molar-refractivity contribution in [3.05, 3.63) is 59.7 Å². The van der Waals surface area contributed by atoms with Gasteiger partial charge in [0.25, 0.3) is 0 Å². The highest BCUT2D eigenvalue weighted by Gasteiger charge is 2.23. The molecule has 1 aliphatic heterocycles. The molecular weight excluding hydrogens is 255 g/mol. The molecule has 1 N–H and O–H groups in total. The summed E-state index contributed by atoms with van der Waals surface area (Å²) in [5.74, 6) is 0.589. The van der Waals surface area contributed by atoms with Crippen LogP contribution >= 0.6 is 0 Å². The maximum atomic E-state index is 13.1. The Hall–Kier alpha value is -1.94. The summed E-state index contributed by atoms with van der Waals surface area (Å²) in [5, 5.41) is 3.41. The van der Waals surface area contributed by atoms with E-state index in [-0.39, 0.29) is 18.0 Å². The van der Waals surface area contributed by atoms with E-state index in [1.165, 1.54) is 6.07 Å². The summed E-state index contributed by atoms with van der Waals surface area (Å²) in [7, 11) is 0. The van der Waals surface area contributed by atoms with Gasteiger partial charge in [0.1, 0.15) is 17.7 Å². The van der Waals surface area contributed by atoms with Gasteiger partial charge in [-0.25, -0.2) is 4.39 Å². The third-order valence-electron chi connectivity index (χ3n) is 3.55. The van der Waals surface area contributed by atoms with Crippen LogP contribution in [0.2, 0.25) is 0 Å². The van der Waals surface area contributed by atoms with Crippen molar-refractivity contribution in [3.63, 3.8) is 0 Å². The smallest absolute Gasteiger partial charge is 0.123 e. The fourth-order valence-electron chi connectivity index (χ4n) is 2.45. The lowest BCUT2D eigenvalue weighted by Gasteiger charge is -2.16. The van der Waals surface area contributed by atoms with Gasteiger partial charge in [-0.1, -0.05) is 6.07 Å². The molecule has 1 aromatic heterocycles. The third-order valence-corrected chi connectivity index (χ3v) is 3.55. The predicted molar refractivity (Wildman–Crippen MR) is 75.2 cm³/mol. The number of benzene rings is 1. The van der Waals surface area contributed by atoms with Gasteiger partial charge in [0.05, 0.1) is 5.69 Å². The van der Waals surface area contributed by atoms with E-state index in [0.717, 1.165) is 23.4 Å². The SMILES string of the molecule is C[C@@H](NCC1Cc2cc(F)ccc2O1)c1ccccn1. The molecule has 4 heteroatoms. The Morgan fingerprint density at radius 3 is 3.10 bits per heavy atom. The van der Waals surface area contributed by atoms with Gasteiger partial charge in [0, 0.05) is 30.8 Å². The lowest BCUT2D eigenvalue weighted by molar-refractivity contribution is 0.222. The van der Waals surface area contributed by atoms with Crippen molar-refractivity contribution >= 4 is 0 Å². The molecule has 1 unspecified atom stereocenters. The molecule has 0 saturated heterocycles. The molecule has 0 amide bonds. The number of aromatic nitrogens is 1. The van der Waals surface area contributed by atoms with Crippen molar-refractivity contribution in [2.24, 2.45) is 0 Å². The number of halogens is 1. The van der Waals surface area contributed by atoms with E-state index in [1.54, 1.807) is 18.3 Å². The first-order valence-electron chi connectivity index (χ1n) is 6.82. The van der Waals surface area contributed by atoms with Gasteiger partial charge in [-0.05, 0) is 37.3 Å². The van der Waals surface area contributed by atoms with Crippen LogP contribution in [0.15, 0.2) is 42.6 Å². The van der Waals surface area contributed by atoms with E-state index in [9.17, 15) is 4.39 Å². The van der Waals surface area contributed by atoms with Gasteiger partial charge in [0.15, 0.2) is 0 Å². The van der Waals surface area contributed by atoms with Crippen LogP contribution in [0.1, 0.15) is 24.2 Å². The first kappa shape index (κ1) is 13.1. The molecule has 2 aromatic rings. The molecule has 0 bridgehead atoms. The summed E-state index contributed by atoms with van der Waals surface area (Å²) < 4.78 is 18.9. The minimum Gasteiger partial charge on any atom is -0.488 e. The van der Waals surface area contributed by atoms with Crippen molar-refractivity contribution in [3.8, 4) is 5.75 Å². The van der Waals surface area contributed by atoms with Gasteiger partial charge in [-0.3, -0.25) is 4.98 Å². The molecule has 0 saturated carbocycles. The number of nitrogens with one attached hydrogen (secondary N) is 1. The Bertz CT molecular complexity index is 588. The van der Waals surface area contributed by atoms with E-state index in [2.05, 4.69) is 17.2 Å². The second kappa shape index (κ2) is 5.59. The maximum absolute atomic E-state index is 13.1. The van der Waals surface area contributed by atoms with Gasteiger partial charge in [0.2, 0.25) is 0 Å². The average Bonchev–Trinajstić information content (AvgIpc) is 2.87. The second-order valence-electron chi connectivity index (χ2n) is 5.08. The molecule has 2 heterocycles. The molecule has 2 atom stereocenters. The standard InChI is InChI=1S/C16H17FN2O/c1-11(15-4-2-3-7-18-15)19-10-14-9-12-8-13(17)5-6-16(12)20-14/h2-8,11,14,19H,9-10H2,1H3/t11-,14?/m1/s1. The van der Waals surface area contributed by atoms with Crippen LogP contribution in [0, 0.1) is 5.82 Å². The Morgan fingerprint density at radius 1 is 1.40 bits per heavy atom. The van der Waals surface area contributed by atoms with Gasteiger partial charge in [-0.15, -0.1) is 0 Å². The highest BCUT2D eigenvalue weighted by molar-refractivity contribution is 5.37. The number of ether oxygens (including phenoxy) is 1. The number of nitrogens with zero attached hydrogens (tertiary/aromatic N) is 1. The number of hydrogen-bond acceptors (Lipinski definition) is 3. The molecule has 0 spiro atoms. The first-order chi connectivity index (χ1) is 9.72. The highest BCUT2D eigenvalue weighted by Crippen LogP contribution is 2.29. The van der Waals surface area contributed by atoms with Crippen LogP contribution < -0.4 is 10.1 Å². The fourth-order valence-corrected chi connectivity index (χ4v) is 2.45. The Labute approximate surface area is 117 Å². The predicted octanol–water partition coefficient (Wildman–Crippen LogP) is 2.88. The zero-order valence-electron chi connectivity index (χ0n) is 11.3. The molecule has 0 fully saturated rings. The second-order valence-corrected chi connectivity index (χ2v) is 5.08. The van der Waals surface area contributed by atoms with Crippen LogP contribution in [-0.2, 0) is 6.42 Å². The summed E-state index contributed by atoms with van der Waals surface area (Å²) in [6.45, 7) is 2.79. The largest absolute Gasteiger partial charge is 0.488 e. The highest BCUT2D eigenvalue weighted by atomic mass is 19.1. The topological polar surface area (TPSA) is 34.1 Å². The molecule has 3 rings (SSSR count). The van der Waals surface area contributed by atoms with E-state index in [0.29, 0.717) is 6.54 Å². The first-order valence-corrected chi connectivity index (χ1v) is 6.82. The van der Waals surface area contributed by atoms with E-state index in [4.69, 9.17) is 4.74 Å². The van der Waals surface area contributed by atoms with Crippen molar-refractivity contribution < 1.29 is 9.13 Å². The molecular formula is C16H17FN2O. The van der Waals surface area contributed by atoms with E-state index < -0.39 is 0 Å². The van der Waals surface area contributed by atoms with Crippen molar-refractivity contribution in [1.82, 2.24) is 10.3 Å². The monoisotopic (exact) mass is 272 g/mol. The molecule has 0 radical (unpaired) electrons. The summed E-state index contributed by atoms with van der Waals surface area (Å²) >= 11 is 0. The fraction of sp³-hybridized carbons (Fsp3) is 0.312. The Kier molecular flexibility index (Phi) is 3.65. The van der Waals surface area contributed by atoms with Crippen LogP contribution in [0.25, 0.3) is 0 Å². The van der Waals surface area contributed by atoms with Gasteiger partial charge < -0.3 is 10.1 Å². The quantitative estimate of drug-likeness (QED) is 0.929. The molecule has 104 valence electrons. The van der Waals surface area contributed by atoms with Crippen LogP contribution in [0.4, 0.5) is 4.39 Å². The number of pyridine rings is 1.